The van der Waals surface area contributed by atoms with E-state index in [1.165, 1.54) is 0 Å². The molecule has 0 bridgehead atoms. The van der Waals surface area contributed by atoms with Crippen molar-refractivity contribution in [1.29, 1.82) is 0 Å². The molecule has 0 aromatic carbocycles. The minimum absolute atomic E-state index is 0.0798. The average Bonchev–Trinajstić information content (AvgIpc) is 3.09. The molecule has 0 spiro atoms. The van der Waals surface area contributed by atoms with Gasteiger partial charge in [0.15, 0.2) is 0 Å². The fourth-order valence-corrected chi connectivity index (χ4v) is 2.19. The van der Waals surface area contributed by atoms with Crippen LogP contribution in [0.15, 0.2) is 18.5 Å². The molecule has 2 aromatic heterocycles. The Labute approximate surface area is 112 Å². The van der Waals surface area contributed by atoms with Crippen LogP contribution in [0.4, 0.5) is 0 Å². The van der Waals surface area contributed by atoms with Crippen LogP contribution in [0.3, 0.4) is 0 Å². The Bertz CT molecular complexity index is 472. The fourth-order valence-electron chi connectivity index (χ4n) is 2.19. The predicted molar refractivity (Wildman–Crippen MR) is 72.0 cm³/mol. The second-order valence-electron chi connectivity index (χ2n) is 4.58. The third-order valence-corrected chi connectivity index (χ3v) is 3.39. The molecule has 0 saturated heterocycles. The summed E-state index contributed by atoms with van der Waals surface area (Å²) in [4.78, 5) is 0. The number of H-pyrrole nitrogens is 1. The largest absolute Gasteiger partial charge is 0.271 e. The van der Waals surface area contributed by atoms with Crippen LogP contribution in [0.5, 0.6) is 0 Å². The van der Waals surface area contributed by atoms with Gasteiger partial charge in [0, 0.05) is 12.6 Å². The normalized spacial score (nSPS) is 13.1. The number of nitrogens with two attached hydrogens (primary N) is 1. The molecular formula is C12H21N7. The van der Waals surface area contributed by atoms with Crippen LogP contribution in [0.25, 0.3) is 0 Å². The van der Waals surface area contributed by atoms with Gasteiger partial charge in [0.2, 0.25) is 0 Å². The van der Waals surface area contributed by atoms with Gasteiger partial charge in [0.25, 0.3) is 0 Å². The van der Waals surface area contributed by atoms with Gasteiger partial charge in [-0.15, -0.1) is 0 Å². The van der Waals surface area contributed by atoms with E-state index in [-0.39, 0.29) is 6.04 Å². The number of rotatable bonds is 7. The van der Waals surface area contributed by atoms with Crippen molar-refractivity contribution in [2.75, 3.05) is 0 Å². The lowest BCUT2D eigenvalue weighted by Gasteiger charge is -2.13. The van der Waals surface area contributed by atoms with E-state index in [0.29, 0.717) is 12.5 Å². The van der Waals surface area contributed by atoms with Crippen LogP contribution >= 0.6 is 0 Å². The Morgan fingerprint density at radius 3 is 2.79 bits per heavy atom. The molecule has 0 saturated carbocycles. The minimum atomic E-state index is -0.0798. The molecule has 0 aliphatic carbocycles. The van der Waals surface area contributed by atoms with Crippen molar-refractivity contribution in [3.05, 3.63) is 29.8 Å². The second-order valence-corrected chi connectivity index (χ2v) is 4.58. The van der Waals surface area contributed by atoms with E-state index in [0.717, 1.165) is 24.2 Å². The van der Waals surface area contributed by atoms with E-state index in [9.17, 15) is 0 Å². The monoisotopic (exact) mass is 263 g/mol. The van der Waals surface area contributed by atoms with Crippen molar-refractivity contribution >= 4 is 0 Å². The third-order valence-electron chi connectivity index (χ3n) is 3.39. The highest BCUT2D eigenvalue weighted by Gasteiger charge is 2.16. The van der Waals surface area contributed by atoms with Crippen LogP contribution in [0.2, 0.25) is 0 Å². The Balaban J connectivity index is 2.06. The number of hydrazine groups is 1. The van der Waals surface area contributed by atoms with E-state index in [1.54, 1.807) is 6.20 Å². The van der Waals surface area contributed by atoms with Crippen LogP contribution < -0.4 is 11.3 Å². The van der Waals surface area contributed by atoms with Crippen LogP contribution in [0.1, 0.15) is 50.2 Å². The Hall–Kier alpha value is -1.73. The van der Waals surface area contributed by atoms with Crippen molar-refractivity contribution in [1.82, 2.24) is 30.6 Å². The van der Waals surface area contributed by atoms with E-state index < -0.39 is 0 Å². The van der Waals surface area contributed by atoms with E-state index in [1.807, 2.05) is 16.9 Å². The lowest BCUT2D eigenvalue weighted by atomic mass is 10.1. The highest BCUT2D eigenvalue weighted by atomic mass is 15.3. The van der Waals surface area contributed by atoms with E-state index >= 15 is 0 Å². The molecule has 0 radical (unpaired) electrons. The molecule has 2 rings (SSSR count). The first kappa shape index (κ1) is 13.7. The molecule has 0 aliphatic rings. The van der Waals surface area contributed by atoms with Gasteiger partial charge in [-0.25, -0.2) is 0 Å². The van der Waals surface area contributed by atoms with Crippen molar-refractivity contribution in [2.24, 2.45) is 5.84 Å². The molecule has 0 aliphatic heterocycles. The zero-order chi connectivity index (χ0) is 13.7. The Morgan fingerprint density at radius 1 is 1.42 bits per heavy atom. The molecule has 7 nitrogen and oxygen atoms in total. The van der Waals surface area contributed by atoms with Gasteiger partial charge >= 0.3 is 0 Å². The summed E-state index contributed by atoms with van der Waals surface area (Å²) in [6.45, 7) is 4.35. The molecule has 1 atom stereocenters. The minimum Gasteiger partial charge on any atom is -0.271 e. The maximum atomic E-state index is 5.56. The van der Waals surface area contributed by atoms with E-state index in [4.69, 9.17) is 5.84 Å². The Morgan fingerprint density at radius 2 is 2.21 bits per heavy atom. The summed E-state index contributed by atoms with van der Waals surface area (Å²) in [6.07, 6.45) is 6.56. The lowest BCUT2D eigenvalue weighted by Crippen LogP contribution is -2.30. The summed E-state index contributed by atoms with van der Waals surface area (Å²) in [7, 11) is 0. The fraction of sp³-hybridized carbons (Fsp3) is 0.583. The SMILES string of the molecule is CCC(CC)n1ccc(CC(NN)c2cn[nH]n2)n1. The van der Waals surface area contributed by atoms with Crippen LogP contribution in [0, 0.1) is 0 Å². The summed E-state index contributed by atoms with van der Waals surface area (Å²) in [5, 5.41) is 15.0. The molecule has 1 unspecified atom stereocenters. The first-order chi connectivity index (χ1) is 9.28. The number of nitrogens with zero attached hydrogens (tertiary/aromatic N) is 4. The lowest BCUT2D eigenvalue weighted by molar-refractivity contribution is 0.422. The van der Waals surface area contributed by atoms with Crippen molar-refractivity contribution in [3.8, 4) is 0 Å². The molecule has 4 N–H and O–H groups in total. The van der Waals surface area contributed by atoms with Gasteiger partial charge in [0.05, 0.1) is 24.0 Å². The molecular weight excluding hydrogens is 242 g/mol. The number of hydrogen-bond donors (Lipinski definition) is 3. The molecule has 2 aromatic rings. The van der Waals surface area contributed by atoms with Crippen molar-refractivity contribution < 1.29 is 0 Å². The first-order valence-corrected chi connectivity index (χ1v) is 6.64. The molecule has 0 amide bonds. The van der Waals surface area contributed by atoms with Gasteiger partial charge in [0.1, 0.15) is 5.69 Å². The van der Waals surface area contributed by atoms with Gasteiger partial charge in [-0.05, 0) is 18.9 Å². The molecule has 104 valence electrons. The molecule has 0 fully saturated rings. The van der Waals surface area contributed by atoms with Gasteiger partial charge in [-0.1, -0.05) is 13.8 Å². The Kier molecular flexibility index (Phi) is 4.64. The number of aromatic amines is 1. The maximum absolute atomic E-state index is 5.56. The van der Waals surface area contributed by atoms with Crippen molar-refractivity contribution in [2.45, 2.75) is 45.2 Å². The van der Waals surface area contributed by atoms with Gasteiger partial charge in [-0.3, -0.25) is 16.0 Å². The maximum Gasteiger partial charge on any atom is 0.101 e. The topological polar surface area (TPSA) is 97.4 Å². The van der Waals surface area contributed by atoms with Gasteiger partial charge in [-0.2, -0.15) is 20.5 Å². The van der Waals surface area contributed by atoms with E-state index in [2.05, 4.69) is 39.8 Å². The quantitative estimate of drug-likeness (QED) is 0.513. The second kappa shape index (κ2) is 6.44. The number of nitrogens with one attached hydrogen (secondary N) is 2. The standard InChI is InChI=1S/C12H21N7/c1-3-10(4-2)19-6-5-9(17-19)7-11(15-13)12-8-14-18-16-12/h5-6,8,10-11,15H,3-4,7,13H2,1-2H3,(H,14,16,18). The molecule has 7 heteroatoms. The zero-order valence-corrected chi connectivity index (χ0v) is 11.4. The highest BCUT2D eigenvalue weighted by Crippen LogP contribution is 2.17. The van der Waals surface area contributed by atoms with Crippen molar-refractivity contribution in [3.63, 3.8) is 0 Å². The number of hydrogen-bond acceptors (Lipinski definition) is 5. The van der Waals surface area contributed by atoms with Crippen LogP contribution in [-0.4, -0.2) is 25.2 Å². The first-order valence-electron chi connectivity index (χ1n) is 6.64. The molecule has 19 heavy (non-hydrogen) atoms. The summed E-state index contributed by atoms with van der Waals surface area (Å²) >= 11 is 0. The third kappa shape index (κ3) is 3.18. The van der Waals surface area contributed by atoms with Gasteiger partial charge < -0.3 is 0 Å². The zero-order valence-electron chi connectivity index (χ0n) is 11.4. The number of aromatic nitrogens is 5. The summed E-state index contributed by atoms with van der Waals surface area (Å²) in [6, 6.07) is 2.41. The molecule has 2 heterocycles. The summed E-state index contributed by atoms with van der Waals surface area (Å²) in [5.41, 5.74) is 4.54. The summed E-state index contributed by atoms with van der Waals surface area (Å²) < 4.78 is 2.03. The average molecular weight is 263 g/mol. The highest BCUT2D eigenvalue weighted by molar-refractivity contribution is 5.08. The smallest absolute Gasteiger partial charge is 0.101 e. The summed E-state index contributed by atoms with van der Waals surface area (Å²) in [5.74, 6) is 5.56. The predicted octanol–water partition coefficient (Wildman–Crippen LogP) is 1.11. The van der Waals surface area contributed by atoms with Crippen LogP contribution in [-0.2, 0) is 6.42 Å².